The van der Waals surface area contributed by atoms with Gasteiger partial charge in [0.05, 0.1) is 0 Å². The van der Waals surface area contributed by atoms with Gasteiger partial charge >= 0.3 is 0 Å². The fourth-order valence-electron chi connectivity index (χ4n) is 2.13. The first-order chi connectivity index (χ1) is 6.02. The summed E-state index contributed by atoms with van der Waals surface area (Å²) in [5.41, 5.74) is 2.96. The highest BCUT2D eigenvalue weighted by Gasteiger charge is 2.34. The summed E-state index contributed by atoms with van der Waals surface area (Å²) in [7, 11) is 0. The van der Waals surface area contributed by atoms with Crippen LogP contribution in [0.5, 0.6) is 0 Å². The Morgan fingerprint density at radius 3 is 2.85 bits per heavy atom. The highest BCUT2D eigenvalue weighted by atomic mass is 127. The monoisotopic (exact) mass is 290 g/mol. The first kappa shape index (κ1) is 9.49. The number of fused-ring (bicyclic) bond motifs is 1. The van der Waals surface area contributed by atoms with E-state index in [1.165, 1.54) is 29.9 Å². The molecule has 72 valence electrons. The Morgan fingerprint density at radius 2 is 2.15 bits per heavy atom. The number of aliphatic imine (C=N–C) groups is 1. The molecular weight excluding hydrogens is 275 g/mol. The van der Waals surface area contributed by atoms with E-state index < -0.39 is 0 Å². The topological polar surface area (TPSA) is 15.6 Å². The van der Waals surface area contributed by atoms with Crippen LogP contribution in [0.2, 0.25) is 0 Å². The fourth-order valence-corrected chi connectivity index (χ4v) is 2.79. The molecule has 0 radical (unpaired) electrons. The van der Waals surface area contributed by atoms with Crippen LogP contribution < -0.4 is 0 Å². The third-order valence-electron chi connectivity index (χ3n) is 3.00. The Balaban J connectivity index is 2.47. The van der Waals surface area contributed by atoms with E-state index in [1.54, 1.807) is 0 Å². The number of nitrogens with zero attached hydrogens (tertiary/aromatic N) is 2. The predicted molar refractivity (Wildman–Crippen MR) is 64.2 cm³/mol. The molecule has 2 nitrogen and oxygen atoms in total. The lowest BCUT2D eigenvalue weighted by Crippen LogP contribution is -2.34. The second-order valence-corrected chi connectivity index (χ2v) is 6.04. The number of hydrogen-bond donors (Lipinski definition) is 0. The molecule has 13 heavy (non-hydrogen) atoms. The van der Waals surface area contributed by atoms with E-state index in [-0.39, 0.29) is 3.55 Å². The molecule has 1 unspecified atom stereocenters. The molecule has 0 aliphatic carbocycles. The van der Waals surface area contributed by atoms with Crippen molar-refractivity contribution in [3.63, 3.8) is 0 Å². The van der Waals surface area contributed by atoms with Gasteiger partial charge in [0.15, 0.2) is 0 Å². The molecule has 0 aromatic carbocycles. The Hall–Kier alpha value is -0.0600. The Kier molecular flexibility index (Phi) is 2.17. The van der Waals surface area contributed by atoms with Crippen molar-refractivity contribution in [3.8, 4) is 0 Å². The molecule has 0 N–H and O–H groups in total. The minimum Gasteiger partial charge on any atom is -0.334 e. The van der Waals surface area contributed by atoms with E-state index in [2.05, 4.69) is 48.3 Å². The van der Waals surface area contributed by atoms with Gasteiger partial charge in [-0.1, -0.05) is 0 Å². The van der Waals surface area contributed by atoms with Crippen LogP contribution in [0.1, 0.15) is 33.6 Å². The SMILES string of the molecule is CC1=NC(C)(I)C(C)=C2CCCN12. The summed E-state index contributed by atoms with van der Waals surface area (Å²) in [5.74, 6) is 1.19. The van der Waals surface area contributed by atoms with Crippen molar-refractivity contribution in [1.29, 1.82) is 0 Å². The molecule has 2 aliphatic heterocycles. The average Bonchev–Trinajstić information content (AvgIpc) is 2.47. The third kappa shape index (κ3) is 1.41. The molecule has 1 atom stereocenters. The molecule has 0 bridgehead atoms. The van der Waals surface area contributed by atoms with Crippen LogP contribution in [0.25, 0.3) is 0 Å². The second-order valence-electron chi connectivity index (χ2n) is 3.94. The van der Waals surface area contributed by atoms with Crippen molar-refractivity contribution in [2.45, 2.75) is 37.2 Å². The molecule has 2 rings (SSSR count). The van der Waals surface area contributed by atoms with Gasteiger partial charge in [-0.2, -0.15) is 0 Å². The summed E-state index contributed by atoms with van der Waals surface area (Å²) < 4.78 is -0.00197. The number of amidine groups is 1. The fraction of sp³-hybridized carbons (Fsp3) is 0.700. The van der Waals surface area contributed by atoms with E-state index in [9.17, 15) is 0 Å². The molecule has 3 heteroatoms. The molecule has 2 aliphatic rings. The van der Waals surface area contributed by atoms with Crippen LogP contribution >= 0.6 is 22.6 Å². The molecule has 1 saturated heterocycles. The van der Waals surface area contributed by atoms with Crippen LogP contribution in [0.15, 0.2) is 16.3 Å². The van der Waals surface area contributed by atoms with Gasteiger partial charge in [-0.05, 0) is 61.8 Å². The van der Waals surface area contributed by atoms with Gasteiger partial charge in [-0.25, -0.2) is 0 Å². The maximum Gasteiger partial charge on any atom is 0.133 e. The Bertz CT molecular complexity index is 302. The molecule has 2 heterocycles. The maximum atomic E-state index is 4.71. The Labute approximate surface area is 93.2 Å². The summed E-state index contributed by atoms with van der Waals surface area (Å²) in [6.07, 6.45) is 2.52. The third-order valence-corrected chi connectivity index (χ3v) is 4.05. The highest BCUT2D eigenvalue weighted by molar-refractivity contribution is 14.1. The lowest BCUT2D eigenvalue weighted by molar-refractivity contribution is 0.541. The molecule has 1 fully saturated rings. The smallest absolute Gasteiger partial charge is 0.133 e. The van der Waals surface area contributed by atoms with Gasteiger partial charge in [0.2, 0.25) is 0 Å². The summed E-state index contributed by atoms with van der Waals surface area (Å²) >= 11 is 2.44. The Morgan fingerprint density at radius 1 is 1.46 bits per heavy atom. The van der Waals surface area contributed by atoms with E-state index >= 15 is 0 Å². The average molecular weight is 290 g/mol. The van der Waals surface area contributed by atoms with E-state index in [0.29, 0.717) is 0 Å². The van der Waals surface area contributed by atoms with Gasteiger partial charge in [-0.15, -0.1) is 0 Å². The first-order valence-electron chi connectivity index (χ1n) is 4.75. The lowest BCUT2D eigenvalue weighted by atomic mass is 10.1. The minimum absolute atomic E-state index is 0.00197. The van der Waals surface area contributed by atoms with Crippen LogP contribution in [-0.4, -0.2) is 20.8 Å². The van der Waals surface area contributed by atoms with Gasteiger partial charge < -0.3 is 4.90 Å². The zero-order valence-electron chi connectivity index (χ0n) is 8.39. The van der Waals surface area contributed by atoms with Crippen LogP contribution in [0.3, 0.4) is 0 Å². The molecule has 0 amide bonds. The summed E-state index contributed by atoms with van der Waals surface area (Å²) in [6.45, 7) is 7.69. The van der Waals surface area contributed by atoms with Crippen LogP contribution in [0, 0.1) is 0 Å². The van der Waals surface area contributed by atoms with Crippen molar-refractivity contribution >= 4 is 28.4 Å². The zero-order chi connectivity index (χ0) is 9.64. The van der Waals surface area contributed by atoms with Crippen molar-refractivity contribution in [3.05, 3.63) is 11.3 Å². The summed E-state index contributed by atoms with van der Waals surface area (Å²) in [5, 5.41) is 0. The van der Waals surface area contributed by atoms with Crippen LogP contribution in [-0.2, 0) is 0 Å². The van der Waals surface area contributed by atoms with E-state index in [0.717, 1.165) is 6.54 Å². The van der Waals surface area contributed by atoms with E-state index in [1.807, 2.05) is 0 Å². The van der Waals surface area contributed by atoms with Crippen molar-refractivity contribution in [2.75, 3.05) is 6.54 Å². The van der Waals surface area contributed by atoms with Crippen molar-refractivity contribution in [2.24, 2.45) is 4.99 Å². The van der Waals surface area contributed by atoms with E-state index in [4.69, 9.17) is 4.99 Å². The van der Waals surface area contributed by atoms with Crippen molar-refractivity contribution in [1.82, 2.24) is 4.90 Å². The van der Waals surface area contributed by atoms with Gasteiger partial charge in [0, 0.05) is 12.2 Å². The lowest BCUT2D eigenvalue weighted by Gasteiger charge is -2.33. The minimum atomic E-state index is -0.00197. The van der Waals surface area contributed by atoms with Crippen molar-refractivity contribution < 1.29 is 0 Å². The number of alkyl halides is 1. The first-order valence-corrected chi connectivity index (χ1v) is 5.83. The standard InChI is InChI=1S/C10H15IN2/c1-7-9-5-4-6-13(9)8(2)12-10(7,3)11/h4-6H2,1-3H3. The highest BCUT2D eigenvalue weighted by Crippen LogP contribution is 2.39. The maximum absolute atomic E-state index is 4.71. The van der Waals surface area contributed by atoms with Gasteiger partial charge in [0.1, 0.15) is 9.38 Å². The predicted octanol–water partition coefficient (Wildman–Crippen LogP) is 2.94. The van der Waals surface area contributed by atoms with Gasteiger partial charge in [0.25, 0.3) is 0 Å². The molecular formula is C10H15IN2. The summed E-state index contributed by atoms with van der Waals surface area (Å²) in [4.78, 5) is 7.08. The molecule has 0 aromatic rings. The largest absolute Gasteiger partial charge is 0.334 e. The van der Waals surface area contributed by atoms with Crippen LogP contribution in [0.4, 0.5) is 0 Å². The molecule has 0 aromatic heterocycles. The number of rotatable bonds is 0. The normalized spacial score (nSPS) is 33.5. The molecule has 0 saturated carbocycles. The quantitative estimate of drug-likeness (QED) is 0.380. The van der Waals surface area contributed by atoms with Gasteiger partial charge in [-0.3, -0.25) is 4.99 Å². The number of halogens is 1. The zero-order valence-corrected chi connectivity index (χ0v) is 10.6. The number of hydrogen-bond acceptors (Lipinski definition) is 2. The molecule has 0 spiro atoms. The summed E-state index contributed by atoms with van der Waals surface area (Å²) in [6, 6.07) is 0. The number of allylic oxidation sites excluding steroid dienone is 1. The second kappa shape index (κ2) is 2.97.